The molecule has 0 saturated carbocycles. The van der Waals surface area contributed by atoms with E-state index in [-0.39, 0.29) is 36.5 Å². The number of likely N-dealkylation sites (tertiary alicyclic amines) is 1. The highest BCUT2D eigenvalue weighted by Crippen LogP contribution is 2.20. The summed E-state index contributed by atoms with van der Waals surface area (Å²) in [5.41, 5.74) is 0.790. The fourth-order valence-corrected chi connectivity index (χ4v) is 3.04. The van der Waals surface area contributed by atoms with Crippen LogP contribution in [0.25, 0.3) is 0 Å². The first-order valence-corrected chi connectivity index (χ1v) is 8.99. The van der Waals surface area contributed by atoms with E-state index in [9.17, 15) is 4.79 Å². The van der Waals surface area contributed by atoms with Gasteiger partial charge in [-0.05, 0) is 52.0 Å². The Morgan fingerprint density at radius 2 is 2.19 bits per heavy atom. The molecule has 7 nitrogen and oxygen atoms in total. The van der Waals surface area contributed by atoms with Crippen LogP contribution in [0.5, 0.6) is 0 Å². The summed E-state index contributed by atoms with van der Waals surface area (Å²) in [5.74, 6) is 1.07. The quantitative estimate of drug-likeness (QED) is 0.305. The molecule has 0 amide bonds. The minimum atomic E-state index is -0.479. The number of carbonyl (C=O) groups is 1. The standard InChI is InChI=1S/C18H31N5O2.HI/c1-6-19-17(20-11-16(24)25-18(2,3)4)23-8-7-14(13-23)9-15-10-21-22(5)12-15;/h10,12,14H,6-9,11,13H2,1-5H3,(H,19,20);1H. The van der Waals surface area contributed by atoms with Crippen LogP contribution in [0.3, 0.4) is 0 Å². The number of esters is 1. The van der Waals surface area contributed by atoms with Crippen molar-refractivity contribution in [3.8, 4) is 0 Å². The van der Waals surface area contributed by atoms with E-state index in [1.165, 1.54) is 5.56 Å². The van der Waals surface area contributed by atoms with E-state index >= 15 is 0 Å². The van der Waals surface area contributed by atoms with Crippen LogP contribution in [0, 0.1) is 5.92 Å². The lowest BCUT2D eigenvalue weighted by molar-refractivity contribution is -0.152. The van der Waals surface area contributed by atoms with Crippen LogP contribution in [-0.4, -0.2) is 58.4 Å². The zero-order chi connectivity index (χ0) is 18.4. The van der Waals surface area contributed by atoms with E-state index in [2.05, 4.69) is 26.5 Å². The van der Waals surface area contributed by atoms with Crippen LogP contribution in [-0.2, 0) is 23.0 Å². The maximum Gasteiger partial charge on any atom is 0.328 e. The summed E-state index contributed by atoms with van der Waals surface area (Å²) >= 11 is 0. The molecule has 1 fully saturated rings. The monoisotopic (exact) mass is 477 g/mol. The van der Waals surface area contributed by atoms with E-state index in [4.69, 9.17) is 4.74 Å². The number of carbonyl (C=O) groups excluding carboxylic acids is 1. The predicted molar refractivity (Wildman–Crippen MR) is 114 cm³/mol. The third-order valence-electron chi connectivity index (χ3n) is 3.98. The summed E-state index contributed by atoms with van der Waals surface area (Å²) in [6.07, 6.45) is 6.15. The molecule has 0 radical (unpaired) electrons. The Hall–Kier alpha value is -1.32. The molecule has 1 aromatic heterocycles. The molecule has 0 bridgehead atoms. The van der Waals surface area contributed by atoms with Gasteiger partial charge in [0, 0.05) is 32.9 Å². The van der Waals surface area contributed by atoms with Crippen molar-refractivity contribution in [1.29, 1.82) is 0 Å². The summed E-state index contributed by atoms with van der Waals surface area (Å²) in [6.45, 7) is 10.3. The number of hydrogen-bond donors (Lipinski definition) is 1. The fourth-order valence-electron chi connectivity index (χ4n) is 3.04. The topological polar surface area (TPSA) is 71.8 Å². The lowest BCUT2D eigenvalue weighted by Crippen LogP contribution is -2.40. The lowest BCUT2D eigenvalue weighted by atomic mass is 10.0. The number of halogens is 1. The first-order valence-electron chi connectivity index (χ1n) is 8.99. The number of nitrogens with one attached hydrogen (secondary N) is 1. The number of aliphatic imine (C=N–C) groups is 1. The van der Waals surface area contributed by atoms with Crippen LogP contribution in [0.2, 0.25) is 0 Å². The summed E-state index contributed by atoms with van der Waals surface area (Å²) in [5, 5.41) is 7.52. The molecule has 1 aliphatic rings. The van der Waals surface area contributed by atoms with E-state index in [1.807, 2.05) is 45.6 Å². The van der Waals surface area contributed by atoms with Gasteiger partial charge in [0.2, 0.25) is 0 Å². The number of ether oxygens (including phenoxy) is 1. The van der Waals surface area contributed by atoms with Gasteiger partial charge in [0.15, 0.2) is 5.96 Å². The largest absolute Gasteiger partial charge is 0.459 e. The van der Waals surface area contributed by atoms with Gasteiger partial charge < -0.3 is 15.0 Å². The molecular formula is C18H32IN5O2. The normalized spacial score (nSPS) is 17.8. The lowest BCUT2D eigenvalue weighted by Gasteiger charge is -2.22. The third kappa shape index (κ3) is 7.51. The molecule has 148 valence electrons. The molecule has 2 heterocycles. The second kappa shape index (κ2) is 10.1. The highest BCUT2D eigenvalue weighted by Gasteiger charge is 2.25. The van der Waals surface area contributed by atoms with Gasteiger partial charge >= 0.3 is 5.97 Å². The first kappa shape index (κ1) is 22.7. The van der Waals surface area contributed by atoms with Crippen molar-refractivity contribution >= 4 is 35.9 Å². The van der Waals surface area contributed by atoms with Crippen molar-refractivity contribution in [2.45, 2.75) is 46.1 Å². The average Bonchev–Trinajstić information content (AvgIpc) is 3.11. The van der Waals surface area contributed by atoms with Crippen molar-refractivity contribution in [3.63, 3.8) is 0 Å². The second-order valence-electron chi connectivity index (χ2n) is 7.58. The Kier molecular flexibility index (Phi) is 8.85. The molecular weight excluding hydrogens is 445 g/mol. The molecule has 1 atom stereocenters. The number of aryl methyl sites for hydroxylation is 1. The summed E-state index contributed by atoms with van der Waals surface area (Å²) in [6, 6.07) is 0. The smallest absolute Gasteiger partial charge is 0.328 e. The molecule has 26 heavy (non-hydrogen) atoms. The molecule has 1 aromatic rings. The highest BCUT2D eigenvalue weighted by molar-refractivity contribution is 14.0. The molecule has 0 aliphatic carbocycles. The molecule has 1 saturated heterocycles. The van der Waals surface area contributed by atoms with E-state index < -0.39 is 5.60 Å². The van der Waals surface area contributed by atoms with Crippen molar-refractivity contribution in [1.82, 2.24) is 20.0 Å². The maximum atomic E-state index is 11.9. The van der Waals surface area contributed by atoms with Crippen LogP contribution < -0.4 is 5.32 Å². The van der Waals surface area contributed by atoms with Gasteiger partial charge in [-0.2, -0.15) is 5.10 Å². The molecule has 0 spiro atoms. The van der Waals surface area contributed by atoms with Crippen molar-refractivity contribution in [2.24, 2.45) is 18.0 Å². The summed E-state index contributed by atoms with van der Waals surface area (Å²) in [7, 11) is 1.94. The van der Waals surface area contributed by atoms with Gasteiger partial charge in [-0.1, -0.05) is 0 Å². The number of aromatic nitrogens is 2. The Labute approximate surface area is 173 Å². The van der Waals surface area contributed by atoms with E-state index in [0.29, 0.717) is 5.92 Å². The van der Waals surface area contributed by atoms with Crippen molar-refractivity contribution in [2.75, 3.05) is 26.2 Å². The first-order chi connectivity index (χ1) is 11.8. The van der Waals surface area contributed by atoms with Crippen LogP contribution in [0.15, 0.2) is 17.4 Å². The van der Waals surface area contributed by atoms with Crippen LogP contribution in [0.1, 0.15) is 39.7 Å². The zero-order valence-electron chi connectivity index (χ0n) is 16.5. The zero-order valence-corrected chi connectivity index (χ0v) is 18.8. The second-order valence-corrected chi connectivity index (χ2v) is 7.58. The number of hydrogen-bond acceptors (Lipinski definition) is 4. The van der Waals surface area contributed by atoms with Gasteiger partial charge in [0.25, 0.3) is 0 Å². The van der Waals surface area contributed by atoms with Gasteiger partial charge in [-0.15, -0.1) is 24.0 Å². The minimum Gasteiger partial charge on any atom is -0.459 e. The van der Waals surface area contributed by atoms with Gasteiger partial charge in [-0.3, -0.25) is 9.48 Å². The van der Waals surface area contributed by atoms with Crippen LogP contribution >= 0.6 is 24.0 Å². The van der Waals surface area contributed by atoms with Crippen molar-refractivity contribution in [3.05, 3.63) is 18.0 Å². The summed E-state index contributed by atoms with van der Waals surface area (Å²) in [4.78, 5) is 18.6. The molecule has 0 aromatic carbocycles. The molecule has 2 rings (SSSR count). The number of rotatable bonds is 5. The number of guanidine groups is 1. The Morgan fingerprint density at radius 1 is 1.46 bits per heavy atom. The predicted octanol–water partition coefficient (Wildman–Crippen LogP) is 2.21. The summed E-state index contributed by atoms with van der Waals surface area (Å²) < 4.78 is 7.17. The van der Waals surface area contributed by atoms with Gasteiger partial charge in [0.1, 0.15) is 12.1 Å². The Morgan fingerprint density at radius 3 is 2.77 bits per heavy atom. The van der Waals surface area contributed by atoms with E-state index in [0.717, 1.165) is 38.4 Å². The Balaban J connectivity index is 0.00000338. The SMILES string of the molecule is CCNC(=NCC(=O)OC(C)(C)C)N1CCC(Cc2cnn(C)c2)C1.I. The fraction of sp³-hybridized carbons (Fsp3) is 0.722. The van der Waals surface area contributed by atoms with Gasteiger partial charge in [-0.25, -0.2) is 4.99 Å². The van der Waals surface area contributed by atoms with Gasteiger partial charge in [0.05, 0.1) is 6.20 Å². The average molecular weight is 477 g/mol. The van der Waals surface area contributed by atoms with E-state index in [1.54, 1.807) is 0 Å². The Bertz CT molecular complexity index is 609. The van der Waals surface area contributed by atoms with Crippen LogP contribution in [0.4, 0.5) is 0 Å². The highest BCUT2D eigenvalue weighted by atomic mass is 127. The third-order valence-corrected chi connectivity index (χ3v) is 3.98. The number of nitrogens with zero attached hydrogens (tertiary/aromatic N) is 4. The van der Waals surface area contributed by atoms with Crippen molar-refractivity contribution < 1.29 is 9.53 Å². The maximum absolute atomic E-state index is 11.9. The minimum absolute atomic E-state index is 0. The molecule has 8 heteroatoms. The molecule has 1 aliphatic heterocycles. The molecule has 1 N–H and O–H groups in total. The molecule has 1 unspecified atom stereocenters.